The van der Waals surface area contributed by atoms with Crippen molar-refractivity contribution in [3.05, 3.63) is 29.8 Å². The van der Waals surface area contributed by atoms with Crippen molar-refractivity contribution in [1.29, 1.82) is 0 Å². The summed E-state index contributed by atoms with van der Waals surface area (Å²) in [4.78, 5) is 0. The van der Waals surface area contributed by atoms with Crippen LogP contribution in [0, 0.1) is 0 Å². The maximum atomic E-state index is 9.06. The first-order chi connectivity index (χ1) is 6.22. The summed E-state index contributed by atoms with van der Waals surface area (Å²) in [6.45, 7) is 4.79. The fourth-order valence-corrected chi connectivity index (χ4v) is 1.31. The number of hydrogen-bond acceptors (Lipinski definition) is 2. The first kappa shape index (κ1) is 10.1. The van der Waals surface area contributed by atoms with E-state index in [-0.39, 0.29) is 6.10 Å². The smallest absolute Gasteiger partial charge is 0.115 e. The van der Waals surface area contributed by atoms with Crippen LogP contribution < -0.4 is 0 Å². The second-order valence-corrected chi connectivity index (χ2v) is 3.14. The van der Waals surface area contributed by atoms with Crippen LogP contribution in [0.5, 0.6) is 5.75 Å². The van der Waals surface area contributed by atoms with Gasteiger partial charge in [-0.25, -0.2) is 0 Å². The van der Waals surface area contributed by atoms with Crippen LogP contribution in [0.3, 0.4) is 0 Å². The van der Waals surface area contributed by atoms with E-state index in [0.29, 0.717) is 5.75 Å². The van der Waals surface area contributed by atoms with Gasteiger partial charge in [0.2, 0.25) is 0 Å². The summed E-state index contributed by atoms with van der Waals surface area (Å²) in [5.74, 6) is 0.313. The molecule has 0 heterocycles. The number of aromatic hydroxyl groups is 1. The number of phenols is 1. The minimum Gasteiger partial charge on any atom is -0.508 e. The molecule has 0 aliphatic heterocycles. The Kier molecular flexibility index (Phi) is 3.77. The van der Waals surface area contributed by atoms with Gasteiger partial charge in [-0.05, 0) is 38.0 Å². The lowest BCUT2D eigenvalue weighted by atomic mass is 10.1. The Balaban J connectivity index is 2.49. The molecule has 0 fully saturated rings. The molecule has 0 spiro atoms. The molecule has 0 saturated heterocycles. The quantitative estimate of drug-likeness (QED) is 0.770. The molecule has 0 radical (unpaired) electrons. The molecule has 13 heavy (non-hydrogen) atoms. The fourth-order valence-electron chi connectivity index (χ4n) is 1.31. The van der Waals surface area contributed by atoms with Gasteiger partial charge in [0.25, 0.3) is 0 Å². The van der Waals surface area contributed by atoms with Crippen LogP contribution in [0.2, 0.25) is 0 Å². The lowest BCUT2D eigenvalue weighted by Crippen LogP contribution is -2.10. The lowest BCUT2D eigenvalue weighted by Gasteiger charge is -2.11. The Labute approximate surface area is 79.2 Å². The summed E-state index contributed by atoms with van der Waals surface area (Å²) < 4.78 is 5.41. The minimum absolute atomic E-state index is 0.245. The molecular weight excluding hydrogens is 164 g/mol. The summed E-state index contributed by atoms with van der Waals surface area (Å²) in [7, 11) is 0. The molecule has 1 unspecified atom stereocenters. The fraction of sp³-hybridized carbons (Fsp3) is 0.455. The van der Waals surface area contributed by atoms with Gasteiger partial charge in [0, 0.05) is 6.61 Å². The number of ether oxygens (including phenoxy) is 1. The van der Waals surface area contributed by atoms with Crippen LogP contribution in [0.1, 0.15) is 19.4 Å². The first-order valence-electron chi connectivity index (χ1n) is 4.62. The van der Waals surface area contributed by atoms with Crippen LogP contribution in [0.15, 0.2) is 24.3 Å². The molecule has 1 aromatic carbocycles. The first-order valence-corrected chi connectivity index (χ1v) is 4.62. The average Bonchev–Trinajstić information content (AvgIpc) is 2.09. The highest BCUT2D eigenvalue weighted by atomic mass is 16.5. The number of phenolic OH excluding ortho intramolecular Hbond substituents is 1. The van der Waals surface area contributed by atoms with Crippen molar-refractivity contribution in [2.45, 2.75) is 26.4 Å². The zero-order chi connectivity index (χ0) is 9.68. The third kappa shape index (κ3) is 3.47. The molecule has 1 aromatic rings. The Morgan fingerprint density at radius 1 is 1.31 bits per heavy atom. The zero-order valence-corrected chi connectivity index (χ0v) is 8.16. The van der Waals surface area contributed by atoms with Gasteiger partial charge in [0.1, 0.15) is 5.75 Å². The van der Waals surface area contributed by atoms with Gasteiger partial charge in [-0.15, -0.1) is 0 Å². The number of rotatable bonds is 4. The van der Waals surface area contributed by atoms with Gasteiger partial charge in [-0.2, -0.15) is 0 Å². The molecular formula is C11H16O2. The Bertz CT molecular complexity index is 241. The second-order valence-electron chi connectivity index (χ2n) is 3.14. The zero-order valence-electron chi connectivity index (χ0n) is 8.16. The molecule has 0 aliphatic rings. The molecule has 72 valence electrons. The van der Waals surface area contributed by atoms with Crippen molar-refractivity contribution in [2.75, 3.05) is 6.61 Å². The van der Waals surface area contributed by atoms with Crippen LogP contribution >= 0.6 is 0 Å². The van der Waals surface area contributed by atoms with Crippen molar-refractivity contribution in [3.8, 4) is 5.75 Å². The highest BCUT2D eigenvalue weighted by molar-refractivity contribution is 5.26. The van der Waals surface area contributed by atoms with Crippen molar-refractivity contribution in [1.82, 2.24) is 0 Å². The van der Waals surface area contributed by atoms with Crippen LogP contribution in [0.4, 0.5) is 0 Å². The molecule has 0 amide bonds. The molecule has 1 N–H and O–H groups in total. The monoisotopic (exact) mass is 180 g/mol. The van der Waals surface area contributed by atoms with E-state index >= 15 is 0 Å². The summed E-state index contributed by atoms with van der Waals surface area (Å²) in [6, 6.07) is 7.25. The van der Waals surface area contributed by atoms with Crippen LogP contribution in [-0.4, -0.2) is 17.8 Å². The van der Waals surface area contributed by atoms with E-state index in [4.69, 9.17) is 9.84 Å². The molecule has 1 rings (SSSR count). The molecule has 1 atom stereocenters. The van der Waals surface area contributed by atoms with Gasteiger partial charge in [-0.1, -0.05) is 12.1 Å². The third-order valence-electron chi connectivity index (χ3n) is 1.91. The molecule has 0 saturated carbocycles. The molecule has 2 nitrogen and oxygen atoms in total. The van der Waals surface area contributed by atoms with Gasteiger partial charge in [-0.3, -0.25) is 0 Å². The highest BCUT2D eigenvalue weighted by Gasteiger charge is 2.02. The van der Waals surface area contributed by atoms with E-state index in [2.05, 4.69) is 6.92 Å². The van der Waals surface area contributed by atoms with E-state index in [1.165, 1.54) is 5.56 Å². The molecule has 0 aromatic heterocycles. The van der Waals surface area contributed by atoms with Crippen molar-refractivity contribution < 1.29 is 9.84 Å². The van der Waals surface area contributed by atoms with Crippen molar-refractivity contribution >= 4 is 0 Å². The summed E-state index contributed by atoms with van der Waals surface area (Å²) in [5.41, 5.74) is 1.19. The minimum atomic E-state index is 0.245. The third-order valence-corrected chi connectivity index (χ3v) is 1.91. The average molecular weight is 180 g/mol. The summed E-state index contributed by atoms with van der Waals surface area (Å²) in [6.07, 6.45) is 1.14. The van der Waals surface area contributed by atoms with Gasteiger partial charge >= 0.3 is 0 Å². The van der Waals surface area contributed by atoms with Crippen LogP contribution in [-0.2, 0) is 11.2 Å². The van der Waals surface area contributed by atoms with Gasteiger partial charge in [0.05, 0.1) is 6.10 Å². The maximum absolute atomic E-state index is 9.06. The number of benzene rings is 1. The molecule has 0 bridgehead atoms. The van der Waals surface area contributed by atoms with E-state index in [9.17, 15) is 0 Å². The SMILES string of the molecule is CCOC(C)Cc1ccc(O)cc1. The predicted octanol–water partition coefficient (Wildman–Crippen LogP) is 2.36. The predicted molar refractivity (Wildman–Crippen MR) is 52.9 cm³/mol. The Morgan fingerprint density at radius 3 is 2.46 bits per heavy atom. The highest BCUT2D eigenvalue weighted by Crippen LogP contribution is 2.11. The van der Waals surface area contributed by atoms with E-state index in [0.717, 1.165) is 13.0 Å². The largest absolute Gasteiger partial charge is 0.508 e. The normalized spacial score (nSPS) is 12.8. The molecule has 0 aliphatic carbocycles. The van der Waals surface area contributed by atoms with E-state index in [1.54, 1.807) is 12.1 Å². The lowest BCUT2D eigenvalue weighted by molar-refractivity contribution is 0.0768. The van der Waals surface area contributed by atoms with E-state index < -0.39 is 0 Å². The summed E-state index contributed by atoms with van der Waals surface area (Å²) >= 11 is 0. The van der Waals surface area contributed by atoms with E-state index in [1.807, 2.05) is 19.1 Å². The van der Waals surface area contributed by atoms with Gasteiger partial charge < -0.3 is 9.84 Å². The maximum Gasteiger partial charge on any atom is 0.115 e. The Hall–Kier alpha value is -1.02. The van der Waals surface area contributed by atoms with Crippen molar-refractivity contribution in [2.24, 2.45) is 0 Å². The Morgan fingerprint density at radius 2 is 1.92 bits per heavy atom. The van der Waals surface area contributed by atoms with Crippen LogP contribution in [0.25, 0.3) is 0 Å². The number of hydrogen-bond donors (Lipinski definition) is 1. The molecule has 2 heteroatoms. The second kappa shape index (κ2) is 4.87. The standard InChI is InChI=1S/C11H16O2/c1-3-13-9(2)8-10-4-6-11(12)7-5-10/h4-7,9,12H,3,8H2,1-2H3. The van der Waals surface area contributed by atoms with Gasteiger partial charge in [0.15, 0.2) is 0 Å². The summed E-state index contributed by atoms with van der Waals surface area (Å²) in [5, 5.41) is 9.06. The van der Waals surface area contributed by atoms with Crippen molar-refractivity contribution in [3.63, 3.8) is 0 Å². The topological polar surface area (TPSA) is 29.5 Å².